The Hall–Kier alpha value is -1.02. The van der Waals surface area contributed by atoms with Gasteiger partial charge < -0.3 is 5.32 Å². The second-order valence-electron chi connectivity index (χ2n) is 4.67. The van der Waals surface area contributed by atoms with Crippen molar-refractivity contribution < 1.29 is 4.79 Å². The van der Waals surface area contributed by atoms with Crippen LogP contribution in [0.5, 0.6) is 0 Å². The molecular weight excluding hydrogens is 210 g/mol. The Morgan fingerprint density at radius 1 is 1.33 bits per heavy atom. The molecule has 0 saturated heterocycles. The van der Waals surface area contributed by atoms with Gasteiger partial charge in [-0.25, -0.2) is 0 Å². The highest BCUT2D eigenvalue weighted by molar-refractivity contribution is 6.31. The quantitative estimate of drug-likeness (QED) is 0.782. The van der Waals surface area contributed by atoms with Crippen molar-refractivity contribution in [3.8, 4) is 0 Å². The first-order chi connectivity index (χ1) is 6.79. The number of hydrogen-bond acceptors (Lipinski definition) is 1. The molecule has 0 aliphatic rings. The van der Waals surface area contributed by atoms with Crippen LogP contribution in [0.4, 0.5) is 0 Å². The summed E-state index contributed by atoms with van der Waals surface area (Å²) >= 11 is 5.95. The van der Waals surface area contributed by atoms with Gasteiger partial charge in [-0.2, -0.15) is 0 Å². The highest BCUT2D eigenvalue weighted by Gasteiger charge is 2.15. The van der Waals surface area contributed by atoms with E-state index < -0.39 is 0 Å². The van der Waals surface area contributed by atoms with Crippen molar-refractivity contribution in [1.29, 1.82) is 0 Å². The first-order valence-electron chi connectivity index (χ1n) is 4.88. The molecule has 0 saturated carbocycles. The van der Waals surface area contributed by atoms with Crippen LogP contribution in [-0.4, -0.2) is 11.4 Å². The molecule has 2 nitrogen and oxygen atoms in total. The van der Waals surface area contributed by atoms with Crippen molar-refractivity contribution in [3.63, 3.8) is 0 Å². The summed E-state index contributed by atoms with van der Waals surface area (Å²) in [7, 11) is 0. The molecule has 1 aromatic rings. The summed E-state index contributed by atoms with van der Waals surface area (Å²) in [5.41, 5.74) is 1.35. The molecule has 0 heterocycles. The van der Waals surface area contributed by atoms with E-state index in [1.165, 1.54) is 0 Å². The predicted molar refractivity (Wildman–Crippen MR) is 63.4 cm³/mol. The molecule has 0 atom stereocenters. The standard InChI is InChI=1S/C12H16ClNO/c1-8-5-6-9(7-10(8)13)11(15)14-12(2,3)4/h5-7H,1-4H3,(H,14,15). The van der Waals surface area contributed by atoms with Gasteiger partial charge in [-0.05, 0) is 45.4 Å². The monoisotopic (exact) mass is 225 g/mol. The van der Waals surface area contributed by atoms with Gasteiger partial charge in [0.05, 0.1) is 0 Å². The van der Waals surface area contributed by atoms with Crippen molar-refractivity contribution in [2.24, 2.45) is 0 Å². The van der Waals surface area contributed by atoms with E-state index in [4.69, 9.17) is 11.6 Å². The van der Waals surface area contributed by atoms with E-state index in [2.05, 4.69) is 5.32 Å². The molecule has 0 spiro atoms. The van der Waals surface area contributed by atoms with Crippen LogP contribution in [0.2, 0.25) is 5.02 Å². The predicted octanol–water partition coefficient (Wildman–Crippen LogP) is 3.18. The molecule has 0 bridgehead atoms. The molecular formula is C12H16ClNO. The van der Waals surface area contributed by atoms with E-state index in [1.807, 2.05) is 33.8 Å². The van der Waals surface area contributed by atoms with Gasteiger partial charge in [0.1, 0.15) is 0 Å². The molecule has 0 radical (unpaired) electrons. The molecule has 1 aromatic carbocycles. The van der Waals surface area contributed by atoms with Crippen LogP contribution in [0, 0.1) is 6.92 Å². The largest absolute Gasteiger partial charge is 0.347 e. The molecule has 1 N–H and O–H groups in total. The lowest BCUT2D eigenvalue weighted by molar-refractivity contribution is 0.0919. The average molecular weight is 226 g/mol. The third kappa shape index (κ3) is 3.56. The zero-order chi connectivity index (χ0) is 11.6. The van der Waals surface area contributed by atoms with Gasteiger partial charge in [-0.1, -0.05) is 17.7 Å². The fourth-order valence-corrected chi connectivity index (χ4v) is 1.33. The molecule has 0 unspecified atom stereocenters. The zero-order valence-corrected chi connectivity index (χ0v) is 10.3. The Morgan fingerprint density at radius 3 is 2.40 bits per heavy atom. The number of benzene rings is 1. The van der Waals surface area contributed by atoms with Gasteiger partial charge in [0.2, 0.25) is 0 Å². The number of carbonyl (C=O) groups is 1. The molecule has 0 aromatic heterocycles. The van der Waals surface area contributed by atoms with Gasteiger partial charge in [0.15, 0.2) is 0 Å². The lowest BCUT2D eigenvalue weighted by Gasteiger charge is -2.20. The number of aryl methyl sites for hydroxylation is 1. The lowest BCUT2D eigenvalue weighted by atomic mass is 10.1. The van der Waals surface area contributed by atoms with Gasteiger partial charge in [-0.3, -0.25) is 4.79 Å². The average Bonchev–Trinajstić information content (AvgIpc) is 2.06. The van der Waals surface area contributed by atoms with Crippen LogP contribution in [0.25, 0.3) is 0 Å². The summed E-state index contributed by atoms with van der Waals surface area (Å²) in [5.74, 6) is -0.0931. The van der Waals surface area contributed by atoms with Crippen LogP contribution in [-0.2, 0) is 0 Å². The van der Waals surface area contributed by atoms with Gasteiger partial charge >= 0.3 is 0 Å². The van der Waals surface area contributed by atoms with Gasteiger partial charge in [-0.15, -0.1) is 0 Å². The normalized spacial score (nSPS) is 11.3. The van der Waals surface area contributed by atoms with Gasteiger partial charge in [0, 0.05) is 16.1 Å². The minimum atomic E-state index is -0.228. The number of rotatable bonds is 1. The smallest absolute Gasteiger partial charge is 0.251 e. The number of amides is 1. The zero-order valence-electron chi connectivity index (χ0n) is 9.52. The van der Waals surface area contributed by atoms with Crippen molar-refractivity contribution in [1.82, 2.24) is 5.32 Å². The summed E-state index contributed by atoms with van der Waals surface area (Å²) in [5, 5.41) is 3.51. The van der Waals surface area contributed by atoms with Crippen molar-refractivity contribution >= 4 is 17.5 Å². The Bertz CT molecular complexity index is 380. The van der Waals surface area contributed by atoms with Crippen molar-refractivity contribution in [2.45, 2.75) is 33.2 Å². The third-order valence-corrected chi connectivity index (χ3v) is 2.33. The second kappa shape index (κ2) is 4.23. The Balaban J connectivity index is 2.88. The molecule has 82 valence electrons. The summed E-state index contributed by atoms with van der Waals surface area (Å²) in [6.45, 7) is 7.75. The van der Waals surface area contributed by atoms with Crippen molar-refractivity contribution in [3.05, 3.63) is 34.3 Å². The minimum absolute atomic E-state index is 0.0931. The maximum Gasteiger partial charge on any atom is 0.251 e. The Kier molecular flexibility index (Phi) is 3.40. The van der Waals surface area contributed by atoms with E-state index in [0.717, 1.165) is 5.56 Å². The van der Waals surface area contributed by atoms with Crippen molar-refractivity contribution in [2.75, 3.05) is 0 Å². The summed E-state index contributed by atoms with van der Waals surface area (Å²) in [6, 6.07) is 5.32. The molecule has 0 fully saturated rings. The van der Waals surface area contributed by atoms with E-state index in [1.54, 1.807) is 12.1 Å². The molecule has 15 heavy (non-hydrogen) atoms. The fraction of sp³-hybridized carbons (Fsp3) is 0.417. The SMILES string of the molecule is Cc1ccc(C(=O)NC(C)(C)C)cc1Cl. The summed E-state index contributed by atoms with van der Waals surface area (Å²) < 4.78 is 0. The first-order valence-corrected chi connectivity index (χ1v) is 5.26. The van der Waals surface area contributed by atoms with Crippen LogP contribution in [0.15, 0.2) is 18.2 Å². The van der Waals surface area contributed by atoms with Crippen LogP contribution >= 0.6 is 11.6 Å². The maximum absolute atomic E-state index is 11.8. The number of nitrogens with one attached hydrogen (secondary N) is 1. The van der Waals surface area contributed by atoms with Crippen LogP contribution in [0.1, 0.15) is 36.7 Å². The van der Waals surface area contributed by atoms with Crippen LogP contribution < -0.4 is 5.32 Å². The molecule has 1 rings (SSSR count). The first kappa shape index (κ1) is 12.1. The molecule has 1 amide bonds. The minimum Gasteiger partial charge on any atom is -0.347 e. The highest BCUT2D eigenvalue weighted by atomic mass is 35.5. The maximum atomic E-state index is 11.8. The van der Waals surface area contributed by atoms with E-state index in [9.17, 15) is 4.79 Å². The highest BCUT2D eigenvalue weighted by Crippen LogP contribution is 2.17. The van der Waals surface area contributed by atoms with E-state index in [0.29, 0.717) is 10.6 Å². The number of halogens is 1. The fourth-order valence-electron chi connectivity index (χ4n) is 1.15. The van der Waals surface area contributed by atoms with Gasteiger partial charge in [0.25, 0.3) is 5.91 Å². The Morgan fingerprint density at radius 2 is 1.93 bits per heavy atom. The molecule has 3 heteroatoms. The summed E-state index contributed by atoms with van der Waals surface area (Å²) in [6.07, 6.45) is 0. The third-order valence-electron chi connectivity index (χ3n) is 1.92. The molecule has 0 aliphatic carbocycles. The number of carbonyl (C=O) groups excluding carboxylic acids is 1. The van der Waals surface area contributed by atoms with E-state index >= 15 is 0 Å². The van der Waals surface area contributed by atoms with E-state index in [-0.39, 0.29) is 11.4 Å². The topological polar surface area (TPSA) is 29.1 Å². The number of hydrogen-bond donors (Lipinski definition) is 1. The summed E-state index contributed by atoms with van der Waals surface area (Å²) in [4.78, 5) is 11.8. The molecule has 0 aliphatic heterocycles. The van der Waals surface area contributed by atoms with Crippen LogP contribution in [0.3, 0.4) is 0 Å². The second-order valence-corrected chi connectivity index (χ2v) is 5.08. The lowest BCUT2D eigenvalue weighted by Crippen LogP contribution is -2.40. The Labute approximate surface area is 95.6 Å².